The van der Waals surface area contributed by atoms with Crippen molar-refractivity contribution < 1.29 is 13.2 Å². The summed E-state index contributed by atoms with van der Waals surface area (Å²) in [7, 11) is 0. The Morgan fingerprint density at radius 3 is 2.19 bits per heavy atom. The molecule has 5 heteroatoms. The van der Waals surface area contributed by atoms with E-state index < -0.39 is 11.7 Å². The third-order valence-electron chi connectivity index (χ3n) is 2.01. The summed E-state index contributed by atoms with van der Waals surface area (Å²) in [4.78, 5) is 4.84. The lowest BCUT2D eigenvalue weighted by Crippen LogP contribution is -2.03. The first-order valence-electron chi connectivity index (χ1n) is 4.42. The van der Waals surface area contributed by atoms with Gasteiger partial charge in [-0.05, 0) is 19.1 Å². The van der Waals surface area contributed by atoms with Crippen LogP contribution in [0.2, 0.25) is 0 Å². The maximum atomic E-state index is 12.3. The molecule has 1 radical (unpaired) electrons. The summed E-state index contributed by atoms with van der Waals surface area (Å²) >= 11 is 1.35. The molecule has 16 heavy (non-hydrogen) atoms. The number of hydrogen-bond acceptors (Lipinski definition) is 2. The van der Waals surface area contributed by atoms with Crippen LogP contribution in [0.4, 0.5) is 13.2 Å². The SMILES string of the molecule is [CH2]c1cnc(-c2ccc(C(F)(F)F)cc2)s1. The largest absolute Gasteiger partial charge is 0.416 e. The van der Waals surface area contributed by atoms with Crippen LogP contribution in [0.25, 0.3) is 10.6 Å². The molecule has 0 aliphatic rings. The van der Waals surface area contributed by atoms with Crippen molar-refractivity contribution in [2.75, 3.05) is 0 Å². The molecule has 1 nitrogen and oxygen atoms in total. The fourth-order valence-electron chi connectivity index (χ4n) is 1.24. The predicted molar refractivity (Wildman–Crippen MR) is 57.0 cm³/mol. The zero-order chi connectivity index (χ0) is 11.8. The van der Waals surface area contributed by atoms with Crippen molar-refractivity contribution in [1.29, 1.82) is 0 Å². The van der Waals surface area contributed by atoms with E-state index in [1.807, 2.05) is 0 Å². The van der Waals surface area contributed by atoms with Gasteiger partial charge in [0, 0.05) is 16.6 Å². The van der Waals surface area contributed by atoms with Crippen LogP contribution >= 0.6 is 11.3 Å². The fraction of sp³-hybridized carbons (Fsp3) is 0.0909. The summed E-state index contributed by atoms with van der Waals surface area (Å²) in [6.45, 7) is 3.70. The van der Waals surface area contributed by atoms with Gasteiger partial charge in [0.1, 0.15) is 5.01 Å². The third kappa shape index (κ3) is 2.24. The molecule has 1 aromatic heterocycles. The molecule has 1 aromatic carbocycles. The van der Waals surface area contributed by atoms with Gasteiger partial charge in [0.05, 0.1) is 5.56 Å². The molecule has 0 aliphatic heterocycles. The van der Waals surface area contributed by atoms with Gasteiger partial charge < -0.3 is 0 Å². The molecule has 0 spiro atoms. The number of rotatable bonds is 1. The number of benzene rings is 1. The Kier molecular flexibility index (Phi) is 2.71. The normalized spacial score (nSPS) is 11.8. The molecule has 1 heterocycles. The molecule has 0 fully saturated rings. The van der Waals surface area contributed by atoms with E-state index in [9.17, 15) is 13.2 Å². The fourth-order valence-corrected chi connectivity index (χ4v) is 1.96. The van der Waals surface area contributed by atoms with E-state index in [4.69, 9.17) is 0 Å². The number of halogens is 3. The number of alkyl halides is 3. The number of thiazole rings is 1. The maximum absolute atomic E-state index is 12.3. The summed E-state index contributed by atoms with van der Waals surface area (Å²) in [5, 5.41) is 0.679. The van der Waals surface area contributed by atoms with E-state index in [0.29, 0.717) is 10.6 Å². The van der Waals surface area contributed by atoms with Gasteiger partial charge in [-0.3, -0.25) is 0 Å². The molecule has 0 saturated carbocycles. The highest BCUT2D eigenvalue weighted by molar-refractivity contribution is 7.15. The molecule has 0 saturated heterocycles. The van der Waals surface area contributed by atoms with Crippen molar-refractivity contribution in [3.05, 3.63) is 47.8 Å². The second-order valence-electron chi connectivity index (χ2n) is 3.21. The molecule has 0 aliphatic carbocycles. The Balaban J connectivity index is 2.33. The van der Waals surface area contributed by atoms with E-state index in [0.717, 1.165) is 17.0 Å². The lowest BCUT2D eigenvalue weighted by Gasteiger charge is -2.06. The Hall–Kier alpha value is -1.36. The number of hydrogen-bond donors (Lipinski definition) is 0. The second-order valence-corrected chi connectivity index (χ2v) is 4.32. The lowest BCUT2D eigenvalue weighted by molar-refractivity contribution is -0.137. The predicted octanol–water partition coefficient (Wildman–Crippen LogP) is 4.01. The van der Waals surface area contributed by atoms with Crippen molar-refractivity contribution in [3.8, 4) is 10.6 Å². The van der Waals surface area contributed by atoms with Gasteiger partial charge in [0.25, 0.3) is 0 Å². The van der Waals surface area contributed by atoms with Crippen LogP contribution in [0.3, 0.4) is 0 Å². The number of aromatic nitrogens is 1. The molecular weight excluding hydrogens is 235 g/mol. The third-order valence-corrected chi connectivity index (χ3v) is 2.91. The standard InChI is InChI=1S/C11H7F3NS/c1-7-6-15-10(16-7)8-2-4-9(5-3-8)11(12,13)14/h2-6H,1H2. The quantitative estimate of drug-likeness (QED) is 0.736. The minimum atomic E-state index is -4.29. The van der Waals surface area contributed by atoms with Crippen molar-refractivity contribution in [2.45, 2.75) is 6.18 Å². The minimum Gasteiger partial charge on any atom is -0.244 e. The maximum Gasteiger partial charge on any atom is 0.416 e. The van der Waals surface area contributed by atoms with Crippen LogP contribution in [0.5, 0.6) is 0 Å². The van der Waals surface area contributed by atoms with Gasteiger partial charge in [-0.2, -0.15) is 13.2 Å². The van der Waals surface area contributed by atoms with E-state index in [1.54, 1.807) is 6.20 Å². The topological polar surface area (TPSA) is 12.9 Å². The monoisotopic (exact) mass is 242 g/mol. The van der Waals surface area contributed by atoms with Crippen molar-refractivity contribution in [1.82, 2.24) is 4.98 Å². The summed E-state index contributed by atoms with van der Waals surface area (Å²) in [6.07, 6.45) is -2.70. The van der Waals surface area contributed by atoms with Gasteiger partial charge in [0.2, 0.25) is 0 Å². The smallest absolute Gasteiger partial charge is 0.244 e. The molecule has 0 N–H and O–H groups in total. The van der Waals surface area contributed by atoms with Crippen LogP contribution in [-0.2, 0) is 6.18 Å². The Morgan fingerprint density at radius 1 is 1.12 bits per heavy atom. The molecule has 83 valence electrons. The summed E-state index contributed by atoms with van der Waals surface area (Å²) in [6, 6.07) is 4.95. The molecular formula is C11H7F3NS. The van der Waals surface area contributed by atoms with E-state index in [2.05, 4.69) is 11.9 Å². The van der Waals surface area contributed by atoms with Gasteiger partial charge in [-0.15, -0.1) is 11.3 Å². The van der Waals surface area contributed by atoms with E-state index in [-0.39, 0.29) is 0 Å². The van der Waals surface area contributed by atoms with Crippen LogP contribution < -0.4 is 0 Å². The zero-order valence-corrected chi connectivity index (χ0v) is 8.90. The molecule has 0 atom stereocenters. The summed E-state index contributed by atoms with van der Waals surface area (Å²) in [5.41, 5.74) is 0.0237. The van der Waals surface area contributed by atoms with Gasteiger partial charge in [-0.25, -0.2) is 4.98 Å². The van der Waals surface area contributed by atoms with Gasteiger partial charge >= 0.3 is 6.18 Å². The highest BCUT2D eigenvalue weighted by Crippen LogP contribution is 2.31. The highest BCUT2D eigenvalue weighted by Gasteiger charge is 2.30. The highest BCUT2D eigenvalue weighted by atomic mass is 32.1. The van der Waals surface area contributed by atoms with Gasteiger partial charge in [-0.1, -0.05) is 12.1 Å². The van der Waals surface area contributed by atoms with Crippen molar-refractivity contribution in [2.24, 2.45) is 0 Å². The zero-order valence-electron chi connectivity index (χ0n) is 8.08. The summed E-state index contributed by atoms with van der Waals surface area (Å²) < 4.78 is 36.9. The second kappa shape index (κ2) is 3.90. The van der Waals surface area contributed by atoms with Crippen molar-refractivity contribution >= 4 is 11.3 Å². The Morgan fingerprint density at radius 2 is 1.75 bits per heavy atom. The molecule has 0 amide bonds. The number of nitrogens with zero attached hydrogens (tertiary/aromatic N) is 1. The van der Waals surface area contributed by atoms with Crippen LogP contribution in [0.1, 0.15) is 10.4 Å². The molecule has 2 rings (SSSR count). The minimum absolute atomic E-state index is 0.650. The van der Waals surface area contributed by atoms with Gasteiger partial charge in [0.15, 0.2) is 0 Å². The van der Waals surface area contributed by atoms with E-state index in [1.165, 1.54) is 23.5 Å². The molecule has 0 bridgehead atoms. The van der Waals surface area contributed by atoms with Crippen LogP contribution in [-0.4, -0.2) is 4.98 Å². The Bertz CT molecular complexity index is 485. The first kappa shape index (κ1) is 11.1. The van der Waals surface area contributed by atoms with Crippen LogP contribution in [0.15, 0.2) is 30.5 Å². The first-order valence-corrected chi connectivity index (χ1v) is 5.24. The summed E-state index contributed by atoms with van der Waals surface area (Å²) in [5.74, 6) is 0. The Labute approximate surface area is 94.6 Å². The molecule has 0 unspecified atom stereocenters. The first-order chi connectivity index (χ1) is 7.47. The average Bonchev–Trinajstić information content (AvgIpc) is 2.64. The average molecular weight is 242 g/mol. The lowest BCUT2D eigenvalue weighted by atomic mass is 10.1. The van der Waals surface area contributed by atoms with E-state index >= 15 is 0 Å². The molecule has 2 aromatic rings. The van der Waals surface area contributed by atoms with Crippen molar-refractivity contribution in [3.63, 3.8) is 0 Å². The van der Waals surface area contributed by atoms with Crippen LogP contribution in [0, 0.1) is 6.92 Å².